The molecule has 0 heterocycles. The van der Waals surface area contributed by atoms with Gasteiger partial charge in [-0.1, -0.05) is 38.0 Å². The Hall–Kier alpha value is -1.51. The molecule has 18 heavy (non-hydrogen) atoms. The normalized spacial score (nSPS) is 11.9. The van der Waals surface area contributed by atoms with Crippen molar-refractivity contribution in [3.63, 3.8) is 0 Å². The molecule has 1 aromatic carbocycles. The number of unbranched alkanes of at least 4 members (excludes halogenated alkanes) is 2. The van der Waals surface area contributed by atoms with E-state index in [1.54, 1.807) is 0 Å². The third-order valence-electron chi connectivity index (χ3n) is 2.65. The molecule has 3 nitrogen and oxygen atoms in total. The molecule has 0 aromatic heterocycles. The zero-order valence-electron chi connectivity index (χ0n) is 11.2. The fourth-order valence-corrected chi connectivity index (χ4v) is 1.70. The summed E-state index contributed by atoms with van der Waals surface area (Å²) in [5.41, 5.74) is 0. The molecular weight excluding hydrogens is 228 g/mol. The summed E-state index contributed by atoms with van der Waals surface area (Å²) >= 11 is 0. The number of rotatable bonds is 8. The SMILES string of the molecule is CCCCCC(COC(C)=O)Oc1ccccc1. The molecule has 100 valence electrons. The van der Waals surface area contributed by atoms with Gasteiger partial charge < -0.3 is 9.47 Å². The predicted octanol–water partition coefficient (Wildman–Crippen LogP) is 3.58. The summed E-state index contributed by atoms with van der Waals surface area (Å²) in [4.78, 5) is 10.9. The number of ether oxygens (including phenoxy) is 2. The predicted molar refractivity (Wildman–Crippen MR) is 71.6 cm³/mol. The van der Waals surface area contributed by atoms with E-state index in [-0.39, 0.29) is 12.1 Å². The lowest BCUT2D eigenvalue weighted by Gasteiger charge is -2.18. The lowest BCUT2D eigenvalue weighted by atomic mass is 10.1. The lowest BCUT2D eigenvalue weighted by molar-refractivity contribution is -0.143. The number of hydrogen-bond donors (Lipinski definition) is 0. The summed E-state index contributed by atoms with van der Waals surface area (Å²) < 4.78 is 10.9. The van der Waals surface area contributed by atoms with Gasteiger partial charge in [0.2, 0.25) is 0 Å². The van der Waals surface area contributed by atoms with Crippen LogP contribution < -0.4 is 4.74 Å². The topological polar surface area (TPSA) is 35.5 Å². The molecule has 3 heteroatoms. The van der Waals surface area contributed by atoms with Gasteiger partial charge in [0.1, 0.15) is 18.5 Å². The van der Waals surface area contributed by atoms with Crippen LogP contribution in [0.15, 0.2) is 30.3 Å². The van der Waals surface area contributed by atoms with Gasteiger partial charge in [-0.3, -0.25) is 4.79 Å². The number of benzene rings is 1. The standard InChI is InChI=1S/C15H22O3/c1-3-4-6-11-15(12-17-13(2)16)18-14-9-7-5-8-10-14/h5,7-10,15H,3-4,6,11-12H2,1-2H3. The Labute approximate surface area is 109 Å². The van der Waals surface area contributed by atoms with Crippen LogP contribution in [-0.4, -0.2) is 18.7 Å². The van der Waals surface area contributed by atoms with Gasteiger partial charge in [0.25, 0.3) is 0 Å². The maximum absolute atomic E-state index is 10.9. The number of esters is 1. The van der Waals surface area contributed by atoms with Crippen molar-refractivity contribution in [3.05, 3.63) is 30.3 Å². The van der Waals surface area contributed by atoms with Crippen molar-refractivity contribution >= 4 is 5.97 Å². The summed E-state index contributed by atoms with van der Waals surface area (Å²) in [6.45, 7) is 3.92. The van der Waals surface area contributed by atoms with Gasteiger partial charge >= 0.3 is 5.97 Å². The maximum Gasteiger partial charge on any atom is 0.302 e. The molecule has 0 spiro atoms. The molecule has 0 saturated carbocycles. The van der Waals surface area contributed by atoms with E-state index >= 15 is 0 Å². The van der Waals surface area contributed by atoms with E-state index in [0.717, 1.165) is 18.6 Å². The molecule has 1 rings (SSSR count). The number of carbonyl (C=O) groups excluding carboxylic acids is 1. The van der Waals surface area contributed by atoms with E-state index < -0.39 is 0 Å². The Bertz CT molecular complexity index is 335. The van der Waals surface area contributed by atoms with E-state index in [2.05, 4.69) is 6.92 Å². The first-order chi connectivity index (χ1) is 8.72. The van der Waals surface area contributed by atoms with E-state index in [1.807, 2.05) is 30.3 Å². The molecule has 0 bridgehead atoms. The third-order valence-corrected chi connectivity index (χ3v) is 2.65. The Morgan fingerprint density at radius 2 is 1.94 bits per heavy atom. The quantitative estimate of drug-likeness (QED) is 0.522. The van der Waals surface area contributed by atoms with Crippen molar-refractivity contribution in [2.75, 3.05) is 6.61 Å². The highest BCUT2D eigenvalue weighted by atomic mass is 16.6. The van der Waals surface area contributed by atoms with Gasteiger partial charge in [0.15, 0.2) is 0 Å². The van der Waals surface area contributed by atoms with Crippen molar-refractivity contribution in [1.82, 2.24) is 0 Å². The molecule has 0 aliphatic heterocycles. The van der Waals surface area contributed by atoms with E-state index in [1.165, 1.54) is 19.8 Å². The largest absolute Gasteiger partial charge is 0.487 e. The minimum atomic E-state index is -0.257. The molecular formula is C15H22O3. The summed E-state index contributed by atoms with van der Waals surface area (Å²) in [6, 6.07) is 9.65. The van der Waals surface area contributed by atoms with Gasteiger partial charge in [-0.2, -0.15) is 0 Å². The fourth-order valence-electron chi connectivity index (χ4n) is 1.70. The molecule has 0 N–H and O–H groups in total. The summed E-state index contributed by atoms with van der Waals surface area (Å²) in [5, 5.41) is 0. The minimum absolute atomic E-state index is 0.0529. The summed E-state index contributed by atoms with van der Waals surface area (Å²) in [6.07, 6.45) is 4.30. The average Bonchev–Trinajstić information content (AvgIpc) is 2.37. The number of para-hydroxylation sites is 1. The monoisotopic (exact) mass is 250 g/mol. The highest BCUT2D eigenvalue weighted by Gasteiger charge is 2.12. The fraction of sp³-hybridized carbons (Fsp3) is 0.533. The van der Waals surface area contributed by atoms with Gasteiger partial charge in [-0.25, -0.2) is 0 Å². The van der Waals surface area contributed by atoms with Crippen molar-refractivity contribution in [1.29, 1.82) is 0 Å². The van der Waals surface area contributed by atoms with Gasteiger partial charge in [0.05, 0.1) is 0 Å². The Balaban J connectivity index is 2.45. The zero-order valence-corrected chi connectivity index (χ0v) is 11.2. The van der Waals surface area contributed by atoms with E-state index in [9.17, 15) is 4.79 Å². The second-order valence-corrected chi connectivity index (χ2v) is 4.35. The molecule has 1 aromatic rings. The molecule has 0 saturated heterocycles. The molecule has 1 atom stereocenters. The van der Waals surface area contributed by atoms with Gasteiger partial charge in [0, 0.05) is 6.92 Å². The van der Waals surface area contributed by atoms with Gasteiger partial charge in [-0.05, 0) is 25.0 Å². The van der Waals surface area contributed by atoms with Crippen molar-refractivity contribution < 1.29 is 14.3 Å². The van der Waals surface area contributed by atoms with Crippen LogP contribution in [0.1, 0.15) is 39.5 Å². The zero-order chi connectivity index (χ0) is 13.2. The third kappa shape index (κ3) is 6.28. The van der Waals surface area contributed by atoms with E-state index in [0.29, 0.717) is 6.61 Å². The number of hydrogen-bond acceptors (Lipinski definition) is 3. The highest BCUT2D eigenvalue weighted by Crippen LogP contribution is 2.15. The van der Waals surface area contributed by atoms with Crippen LogP contribution in [0.25, 0.3) is 0 Å². The molecule has 0 aliphatic carbocycles. The second-order valence-electron chi connectivity index (χ2n) is 4.35. The minimum Gasteiger partial charge on any atom is -0.487 e. The summed E-state index contributed by atoms with van der Waals surface area (Å²) in [5.74, 6) is 0.568. The van der Waals surface area contributed by atoms with Crippen LogP contribution >= 0.6 is 0 Å². The highest BCUT2D eigenvalue weighted by molar-refractivity contribution is 5.65. The smallest absolute Gasteiger partial charge is 0.302 e. The van der Waals surface area contributed by atoms with Crippen LogP contribution in [0.5, 0.6) is 5.75 Å². The average molecular weight is 250 g/mol. The molecule has 0 radical (unpaired) electrons. The Kier molecular flexibility index (Phi) is 6.92. The van der Waals surface area contributed by atoms with Crippen LogP contribution in [0, 0.1) is 0 Å². The first-order valence-corrected chi connectivity index (χ1v) is 6.57. The first kappa shape index (κ1) is 14.6. The van der Waals surface area contributed by atoms with Crippen LogP contribution in [0.3, 0.4) is 0 Å². The molecule has 0 fully saturated rings. The number of carbonyl (C=O) groups is 1. The van der Waals surface area contributed by atoms with Crippen LogP contribution in [-0.2, 0) is 9.53 Å². The van der Waals surface area contributed by atoms with Crippen LogP contribution in [0.2, 0.25) is 0 Å². The van der Waals surface area contributed by atoms with Crippen LogP contribution in [0.4, 0.5) is 0 Å². The molecule has 1 unspecified atom stereocenters. The van der Waals surface area contributed by atoms with Gasteiger partial charge in [-0.15, -0.1) is 0 Å². The lowest BCUT2D eigenvalue weighted by Crippen LogP contribution is -2.24. The molecule has 0 amide bonds. The molecule has 0 aliphatic rings. The van der Waals surface area contributed by atoms with Crippen molar-refractivity contribution in [3.8, 4) is 5.75 Å². The Morgan fingerprint density at radius 1 is 1.22 bits per heavy atom. The second kappa shape index (κ2) is 8.56. The maximum atomic E-state index is 10.9. The Morgan fingerprint density at radius 3 is 2.56 bits per heavy atom. The van der Waals surface area contributed by atoms with E-state index in [4.69, 9.17) is 9.47 Å². The van der Waals surface area contributed by atoms with Crippen molar-refractivity contribution in [2.24, 2.45) is 0 Å². The van der Waals surface area contributed by atoms with Crippen molar-refractivity contribution in [2.45, 2.75) is 45.6 Å². The summed E-state index contributed by atoms with van der Waals surface area (Å²) in [7, 11) is 0. The first-order valence-electron chi connectivity index (χ1n) is 6.57.